The second kappa shape index (κ2) is 5.28. The highest BCUT2D eigenvalue weighted by Crippen LogP contribution is 2.42. The monoisotopic (exact) mass is 293 g/mol. The minimum atomic E-state index is 0.971. The summed E-state index contributed by atoms with van der Waals surface area (Å²) in [4.78, 5) is 1.38. The normalized spacial score (nSPS) is 18.2. The molecule has 1 N–H and O–H groups in total. The summed E-state index contributed by atoms with van der Waals surface area (Å²) in [5.41, 5.74) is 8.61. The molecule has 0 saturated carbocycles. The first-order chi connectivity index (χ1) is 10.3. The predicted molar refractivity (Wildman–Crippen MR) is 91.6 cm³/mol. The molecule has 0 unspecified atom stereocenters. The first kappa shape index (κ1) is 13.1. The highest BCUT2D eigenvalue weighted by molar-refractivity contribution is 7.11. The third-order valence-corrected chi connectivity index (χ3v) is 5.52. The van der Waals surface area contributed by atoms with Crippen LogP contribution in [0.1, 0.15) is 34.4 Å². The van der Waals surface area contributed by atoms with E-state index >= 15 is 0 Å². The second-order valence-electron chi connectivity index (χ2n) is 5.83. The van der Waals surface area contributed by atoms with Crippen molar-refractivity contribution in [2.24, 2.45) is 0 Å². The van der Waals surface area contributed by atoms with Gasteiger partial charge in [0.15, 0.2) is 0 Å². The van der Waals surface area contributed by atoms with Crippen molar-refractivity contribution in [2.45, 2.75) is 19.3 Å². The van der Waals surface area contributed by atoms with Crippen LogP contribution in [-0.4, -0.2) is 13.1 Å². The van der Waals surface area contributed by atoms with Crippen molar-refractivity contribution in [3.05, 3.63) is 69.4 Å². The molecule has 1 nitrogen and oxygen atoms in total. The van der Waals surface area contributed by atoms with Gasteiger partial charge in [-0.25, -0.2) is 0 Å². The highest BCUT2D eigenvalue weighted by atomic mass is 32.1. The average Bonchev–Trinajstić information content (AvgIpc) is 2.96. The molecule has 0 radical (unpaired) electrons. The van der Waals surface area contributed by atoms with Gasteiger partial charge in [0, 0.05) is 10.4 Å². The van der Waals surface area contributed by atoms with Gasteiger partial charge < -0.3 is 5.32 Å². The molecule has 1 saturated heterocycles. The van der Waals surface area contributed by atoms with Gasteiger partial charge in [0.2, 0.25) is 0 Å². The Labute approximate surface area is 130 Å². The molecule has 2 aromatic rings. The van der Waals surface area contributed by atoms with E-state index in [9.17, 15) is 0 Å². The molecule has 0 atom stereocenters. The maximum Gasteiger partial charge on any atom is 0.0378 e. The number of hydrogen-bond acceptors (Lipinski definition) is 2. The molecular weight excluding hydrogens is 274 g/mol. The maximum absolute atomic E-state index is 4.34. The summed E-state index contributed by atoms with van der Waals surface area (Å²) in [6.07, 6.45) is 3.29. The van der Waals surface area contributed by atoms with Gasteiger partial charge in [-0.05, 0) is 66.1 Å². The molecule has 2 aliphatic rings. The minimum absolute atomic E-state index is 0.971. The van der Waals surface area contributed by atoms with Gasteiger partial charge >= 0.3 is 0 Å². The number of thiophene rings is 1. The third-order valence-electron chi connectivity index (χ3n) is 4.51. The van der Waals surface area contributed by atoms with E-state index in [2.05, 4.69) is 47.6 Å². The molecule has 106 valence electrons. The van der Waals surface area contributed by atoms with Crippen LogP contribution in [0.25, 0.3) is 11.1 Å². The average molecular weight is 293 g/mol. The van der Waals surface area contributed by atoms with Crippen LogP contribution in [0.15, 0.2) is 47.9 Å². The summed E-state index contributed by atoms with van der Waals surface area (Å²) in [5.74, 6) is 0. The van der Waals surface area contributed by atoms with E-state index in [-0.39, 0.29) is 0 Å². The molecule has 0 bridgehead atoms. The molecule has 2 heterocycles. The van der Waals surface area contributed by atoms with Crippen molar-refractivity contribution < 1.29 is 0 Å². The Kier molecular flexibility index (Phi) is 3.28. The van der Waals surface area contributed by atoms with Crippen LogP contribution >= 0.6 is 11.3 Å². The lowest BCUT2D eigenvalue weighted by Crippen LogP contribution is -2.23. The lowest BCUT2D eigenvalue weighted by molar-refractivity contribution is 0.611. The van der Waals surface area contributed by atoms with E-state index in [1.54, 1.807) is 5.57 Å². The number of hydrogen-bond donors (Lipinski definition) is 1. The van der Waals surface area contributed by atoms with Crippen LogP contribution in [-0.2, 0) is 6.42 Å². The fourth-order valence-corrected chi connectivity index (χ4v) is 4.39. The van der Waals surface area contributed by atoms with Gasteiger partial charge in [0.1, 0.15) is 0 Å². The van der Waals surface area contributed by atoms with Crippen LogP contribution in [0.2, 0.25) is 0 Å². The molecule has 1 aromatic carbocycles. The summed E-state index contributed by atoms with van der Waals surface area (Å²) in [6.45, 7) is 6.54. The Balaban J connectivity index is 2.01. The fourth-order valence-electron chi connectivity index (χ4n) is 3.51. The molecule has 4 rings (SSSR count). The van der Waals surface area contributed by atoms with Crippen LogP contribution in [0.3, 0.4) is 0 Å². The van der Waals surface area contributed by atoms with Crippen LogP contribution in [0, 0.1) is 0 Å². The van der Waals surface area contributed by atoms with Crippen molar-refractivity contribution >= 4 is 22.5 Å². The lowest BCUT2D eigenvalue weighted by atomic mass is 9.88. The third kappa shape index (κ3) is 2.19. The number of nitrogens with one attached hydrogen (secondary N) is 1. The molecular formula is C19H19NS. The number of benzene rings is 1. The van der Waals surface area contributed by atoms with Crippen molar-refractivity contribution in [1.82, 2.24) is 5.32 Å². The first-order valence-electron chi connectivity index (χ1n) is 7.61. The highest BCUT2D eigenvalue weighted by Gasteiger charge is 2.24. The Morgan fingerprint density at radius 2 is 1.81 bits per heavy atom. The van der Waals surface area contributed by atoms with Crippen molar-refractivity contribution in [3.63, 3.8) is 0 Å². The van der Waals surface area contributed by atoms with E-state index in [4.69, 9.17) is 0 Å². The number of rotatable bonds is 0. The zero-order chi connectivity index (χ0) is 14.2. The Morgan fingerprint density at radius 3 is 2.67 bits per heavy atom. The minimum Gasteiger partial charge on any atom is -0.316 e. The SMILES string of the molecule is C=C1Cc2ccccc2C(=C2CCNCC2)c2ccsc21. The van der Waals surface area contributed by atoms with Crippen molar-refractivity contribution in [3.8, 4) is 0 Å². The molecule has 1 fully saturated rings. The molecule has 1 aliphatic heterocycles. The molecule has 21 heavy (non-hydrogen) atoms. The number of piperidine rings is 1. The summed E-state index contributed by atoms with van der Waals surface area (Å²) >= 11 is 1.84. The topological polar surface area (TPSA) is 12.0 Å². The Morgan fingerprint density at radius 1 is 1.00 bits per heavy atom. The predicted octanol–water partition coefficient (Wildman–Crippen LogP) is 4.50. The Bertz CT molecular complexity index is 728. The molecule has 1 aromatic heterocycles. The van der Waals surface area contributed by atoms with Gasteiger partial charge in [-0.3, -0.25) is 0 Å². The van der Waals surface area contributed by atoms with Crippen LogP contribution in [0.4, 0.5) is 0 Å². The van der Waals surface area contributed by atoms with Gasteiger partial charge in [-0.15, -0.1) is 11.3 Å². The summed E-state index contributed by atoms with van der Waals surface area (Å²) in [7, 11) is 0. The zero-order valence-electron chi connectivity index (χ0n) is 12.1. The van der Waals surface area contributed by atoms with Crippen molar-refractivity contribution in [1.29, 1.82) is 0 Å². The fraction of sp³-hybridized carbons (Fsp3) is 0.263. The molecule has 0 spiro atoms. The summed E-state index contributed by atoms with van der Waals surface area (Å²) < 4.78 is 0. The standard InChI is InChI=1S/C19H19NS/c1-13-12-15-4-2-3-5-16(15)18(14-6-9-20-10-7-14)17-8-11-21-19(13)17/h2-5,8,11,20H,1,6-7,9-10,12H2. The maximum atomic E-state index is 4.34. The number of allylic oxidation sites excluding steroid dienone is 1. The summed E-state index contributed by atoms with van der Waals surface area (Å²) in [5, 5.41) is 5.68. The second-order valence-corrected chi connectivity index (χ2v) is 6.75. The van der Waals surface area contributed by atoms with Gasteiger partial charge in [-0.1, -0.05) is 36.4 Å². The van der Waals surface area contributed by atoms with E-state index in [0.29, 0.717) is 0 Å². The lowest BCUT2D eigenvalue weighted by Gasteiger charge is -2.21. The molecule has 2 heteroatoms. The van der Waals surface area contributed by atoms with Crippen LogP contribution < -0.4 is 5.32 Å². The zero-order valence-corrected chi connectivity index (χ0v) is 12.9. The molecule has 1 aliphatic carbocycles. The largest absolute Gasteiger partial charge is 0.316 e. The smallest absolute Gasteiger partial charge is 0.0378 e. The van der Waals surface area contributed by atoms with E-state index in [1.807, 2.05) is 11.3 Å². The van der Waals surface area contributed by atoms with Gasteiger partial charge in [0.25, 0.3) is 0 Å². The van der Waals surface area contributed by atoms with Gasteiger partial charge in [-0.2, -0.15) is 0 Å². The molecule has 0 amide bonds. The van der Waals surface area contributed by atoms with Crippen molar-refractivity contribution in [2.75, 3.05) is 13.1 Å². The number of fused-ring (bicyclic) bond motifs is 2. The van der Waals surface area contributed by atoms with E-state index in [1.165, 1.54) is 32.7 Å². The van der Waals surface area contributed by atoms with Crippen LogP contribution in [0.5, 0.6) is 0 Å². The van der Waals surface area contributed by atoms with Gasteiger partial charge in [0.05, 0.1) is 0 Å². The first-order valence-corrected chi connectivity index (χ1v) is 8.49. The quantitative estimate of drug-likeness (QED) is 0.754. The van der Waals surface area contributed by atoms with E-state index in [0.717, 1.165) is 32.4 Å². The summed E-state index contributed by atoms with van der Waals surface area (Å²) in [6, 6.07) is 11.2. The van der Waals surface area contributed by atoms with E-state index < -0.39 is 0 Å². The Hall–Kier alpha value is -1.64.